The first-order chi connectivity index (χ1) is 8.47. The van der Waals surface area contributed by atoms with E-state index in [2.05, 4.69) is 15.5 Å². The summed E-state index contributed by atoms with van der Waals surface area (Å²) in [5, 5.41) is 6.23. The Bertz CT molecular complexity index is 493. The van der Waals surface area contributed by atoms with E-state index in [0.717, 1.165) is 12.8 Å². The molecule has 1 aliphatic heterocycles. The van der Waals surface area contributed by atoms with Crippen LogP contribution in [0.5, 0.6) is 0 Å². The molecule has 2 rings (SSSR count). The van der Waals surface area contributed by atoms with E-state index < -0.39 is 15.1 Å². The summed E-state index contributed by atoms with van der Waals surface area (Å²) in [4.78, 5) is 4.12. The maximum Gasteiger partial charge on any atom is 0.228 e. The molecular formula is C10H17N3O4S. The largest absolute Gasteiger partial charge is 0.378 e. The van der Waals surface area contributed by atoms with Crippen LogP contribution in [0.1, 0.15) is 23.9 Å². The van der Waals surface area contributed by atoms with Crippen molar-refractivity contribution in [2.24, 2.45) is 0 Å². The lowest BCUT2D eigenvalue weighted by molar-refractivity contribution is 0.0744. The topological polar surface area (TPSA) is 94.3 Å². The lowest BCUT2D eigenvalue weighted by atomic mass is 10.2. The summed E-state index contributed by atoms with van der Waals surface area (Å²) in [6, 6.07) is 0.139. The molecule has 1 N–H and O–H groups in total. The number of nitrogens with one attached hydrogen (secondary N) is 1. The van der Waals surface area contributed by atoms with Crippen LogP contribution in [0.2, 0.25) is 0 Å². The van der Waals surface area contributed by atoms with Gasteiger partial charge in [-0.2, -0.15) is 4.98 Å². The third-order valence-electron chi connectivity index (χ3n) is 2.91. The van der Waals surface area contributed by atoms with Crippen molar-refractivity contribution in [3.05, 3.63) is 11.7 Å². The van der Waals surface area contributed by atoms with Gasteiger partial charge in [-0.15, -0.1) is 0 Å². The normalized spacial score (nSPS) is 22.9. The molecular weight excluding hydrogens is 258 g/mol. The highest BCUT2D eigenvalue weighted by Crippen LogP contribution is 2.18. The number of sulfone groups is 1. The van der Waals surface area contributed by atoms with Crippen molar-refractivity contribution in [2.45, 2.75) is 24.6 Å². The molecule has 1 aliphatic rings. The fraction of sp³-hybridized carbons (Fsp3) is 0.800. The maximum atomic E-state index is 11.4. The van der Waals surface area contributed by atoms with Crippen molar-refractivity contribution in [3.8, 4) is 0 Å². The minimum Gasteiger partial charge on any atom is -0.378 e. The first kappa shape index (κ1) is 13.4. The first-order valence-electron chi connectivity index (χ1n) is 5.79. The van der Waals surface area contributed by atoms with E-state index >= 15 is 0 Å². The van der Waals surface area contributed by atoms with Gasteiger partial charge < -0.3 is 14.6 Å². The molecule has 2 unspecified atom stereocenters. The predicted molar refractivity (Wildman–Crippen MR) is 63.9 cm³/mol. The second kappa shape index (κ2) is 5.33. The second-order valence-electron chi connectivity index (χ2n) is 4.45. The number of nitrogens with zero attached hydrogens (tertiary/aromatic N) is 2. The van der Waals surface area contributed by atoms with Crippen LogP contribution in [0.3, 0.4) is 0 Å². The molecule has 2 heterocycles. The molecule has 0 bridgehead atoms. The monoisotopic (exact) mass is 275 g/mol. The fourth-order valence-corrected chi connectivity index (χ4v) is 2.15. The molecule has 1 aromatic heterocycles. The van der Waals surface area contributed by atoms with Crippen molar-refractivity contribution < 1.29 is 17.7 Å². The Kier molecular flexibility index (Phi) is 3.98. The van der Waals surface area contributed by atoms with Crippen LogP contribution in [0.15, 0.2) is 4.52 Å². The molecule has 2 atom stereocenters. The van der Waals surface area contributed by atoms with E-state index in [9.17, 15) is 8.42 Å². The summed E-state index contributed by atoms with van der Waals surface area (Å²) in [5.74, 6) is 0.646. The predicted octanol–water partition coefficient (Wildman–Crippen LogP) is -0.294. The zero-order valence-corrected chi connectivity index (χ0v) is 11.2. The Labute approximate surface area is 106 Å². The summed E-state index contributed by atoms with van der Waals surface area (Å²) >= 11 is 0. The highest BCUT2D eigenvalue weighted by Gasteiger charge is 2.24. The van der Waals surface area contributed by atoms with Crippen LogP contribution in [0.4, 0.5) is 0 Å². The number of aromatic nitrogens is 2. The summed E-state index contributed by atoms with van der Waals surface area (Å²) in [5.41, 5.74) is 0. The number of morpholine rings is 1. The van der Waals surface area contributed by atoms with Crippen LogP contribution in [0.25, 0.3) is 0 Å². The smallest absolute Gasteiger partial charge is 0.228 e. The lowest BCUT2D eigenvalue weighted by Crippen LogP contribution is -2.42. The molecule has 102 valence electrons. The van der Waals surface area contributed by atoms with Crippen LogP contribution in [-0.2, 0) is 21.0 Å². The molecule has 0 amide bonds. The molecule has 8 heteroatoms. The third kappa shape index (κ3) is 3.27. The third-order valence-corrected chi connectivity index (χ3v) is 4.40. The summed E-state index contributed by atoms with van der Waals surface area (Å²) in [6.45, 7) is 3.65. The lowest BCUT2D eigenvalue weighted by Gasteiger charge is -2.22. The minimum atomic E-state index is -3.20. The van der Waals surface area contributed by atoms with E-state index in [1.165, 1.54) is 0 Å². The van der Waals surface area contributed by atoms with Gasteiger partial charge in [0.05, 0.1) is 13.2 Å². The molecule has 18 heavy (non-hydrogen) atoms. The van der Waals surface area contributed by atoms with E-state index in [0.29, 0.717) is 25.5 Å². The van der Waals surface area contributed by atoms with Crippen molar-refractivity contribution in [2.75, 3.05) is 26.0 Å². The van der Waals surface area contributed by atoms with Crippen LogP contribution in [-0.4, -0.2) is 50.6 Å². The molecule has 7 nitrogen and oxygen atoms in total. The molecule has 0 spiro atoms. The molecule has 0 aromatic carbocycles. The average Bonchev–Trinajstić information content (AvgIpc) is 2.76. The number of hydrogen-bond acceptors (Lipinski definition) is 7. The minimum absolute atomic E-state index is 0.139. The van der Waals surface area contributed by atoms with Gasteiger partial charge in [-0.3, -0.25) is 0 Å². The summed E-state index contributed by atoms with van der Waals surface area (Å²) in [7, 11) is -3.20. The SMILES string of the molecule is CC(c1noc(CC2COCCN2)n1)S(C)(=O)=O. The van der Waals surface area contributed by atoms with Crippen molar-refractivity contribution in [1.82, 2.24) is 15.5 Å². The van der Waals surface area contributed by atoms with Gasteiger partial charge in [0.2, 0.25) is 5.89 Å². The van der Waals surface area contributed by atoms with Gasteiger partial charge in [0, 0.05) is 25.3 Å². The maximum absolute atomic E-state index is 11.4. The van der Waals surface area contributed by atoms with Gasteiger partial charge in [0.1, 0.15) is 5.25 Å². The Morgan fingerprint density at radius 2 is 2.33 bits per heavy atom. The summed E-state index contributed by atoms with van der Waals surface area (Å²) < 4.78 is 33.1. The summed E-state index contributed by atoms with van der Waals surface area (Å²) in [6.07, 6.45) is 1.70. The Morgan fingerprint density at radius 1 is 1.56 bits per heavy atom. The van der Waals surface area contributed by atoms with Gasteiger partial charge in [0.15, 0.2) is 15.7 Å². The molecule has 0 saturated carbocycles. The van der Waals surface area contributed by atoms with Crippen LogP contribution < -0.4 is 5.32 Å². The van der Waals surface area contributed by atoms with Crippen LogP contribution >= 0.6 is 0 Å². The highest BCUT2D eigenvalue weighted by molar-refractivity contribution is 7.90. The number of ether oxygens (including phenoxy) is 1. The standard InChI is InChI=1S/C10H17N3O4S/c1-7(18(2,14)15)10-12-9(17-13-10)5-8-6-16-4-3-11-8/h7-8,11H,3-6H2,1-2H3. The first-order valence-corrected chi connectivity index (χ1v) is 7.75. The molecule has 0 radical (unpaired) electrons. The molecule has 1 saturated heterocycles. The van der Waals surface area contributed by atoms with Crippen molar-refractivity contribution in [3.63, 3.8) is 0 Å². The zero-order chi connectivity index (χ0) is 13.2. The molecule has 1 aromatic rings. The Morgan fingerprint density at radius 3 is 2.94 bits per heavy atom. The van der Waals surface area contributed by atoms with E-state index in [1.54, 1.807) is 6.92 Å². The molecule has 1 fully saturated rings. The van der Waals surface area contributed by atoms with Crippen molar-refractivity contribution in [1.29, 1.82) is 0 Å². The van der Waals surface area contributed by atoms with Crippen LogP contribution in [0, 0.1) is 0 Å². The quantitative estimate of drug-likeness (QED) is 0.806. The highest BCUT2D eigenvalue weighted by atomic mass is 32.2. The van der Waals surface area contributed by atoms with Gasteiger partial charge in [-0.05, 0) is 6.92 Å². The number of rotatable bonds is 4. The van der Waals surface area contributed by atoms with E-state index in [1.807, 2.05) is 0 Å². The van der Waals surface area contributed by atoms with E-state index in [-0.39, 0.29) is 11.9 Å². The van der Waals surface area contributed by atoms with Gasteiger partial charge in [-0.1, -0.05) is 5.16 Å². The molecule has 0 aliphatic carbocycles. The van der Waals surface area contributed by atoms with Gasteiger partial charge in [-0.25, -0.2) is 8.42 Å². The number of hydrogen-bond donors (Lipinski definition) is 1. The Hall–Kier alpha value is -0.990. The van der Waals surface area contributed by atoms with Gasteiger partial charge >= 0.3 is 0 Å². The van der Waals surface area contributed by atoms with E-state index in [4.69, 9.17) is 9.26 Å². The van der Waals surface area contributed by atoms with Crippen molar-refractivity contribution >= 4 is 9.84 Å². The fourth-order valence-electron chi connectivity index (χ4n) is 1.67. The average molecular weight is 275 g/mol. The zero-order valence-electron chi connectivity index (χ0n) is 10.4. The Balaban J connectivity index is 2.01. The van der Waals surface area contributed by atoms with Gasteiger partial charge in [0.25, 0.3) is 0 Å². The second-order valence-corrected chi connectivity index (χ2v) is 6.81.